The Morgan fingerprint density at radius 2 is 1.95 bits per heavy atom. The minimum absolute atomic E-state index is 0.215. The highest BCUT2D eigenvalue weighted by Crippen LogP contribution is 2.24. The average molecular weight is 308 g/mol. The van der Waals surface area contributed by atoms with Gasteiger partial charge in [0.25, 0.3) is 0 Å². The number of rotatable bonds is 4. The van der Waals surface area contributed by atoms with Crippen LogP contribution in [0.15, 0.2) is 24.3 Å². The predicted molar refractivity (Wildman–Crippen MR) is 85.0 cm³/mol. The van der Waals surface area contributed by atoms with Gasteiger partial charge in [0.15, 0.2) is 0 Å². The molecule has 21 heavy (non-hydrogen) atoms. The van der Waals surface area contributed by atoms with E-state index in [1.807, 2.05) is 11.8 Å². The number of benzene rings is 1. The van der Waals surface area contributed by atoms with Gasteiger partial charge in [-0.05, 0) is 43.7 Å². The number of thioether (sulfide) groups is 1. The van der Waals surface area contributed by atoms with Crippen LogP contribution in [-0.4, -0.2) is 34.7 Å². The zero-order valence-electron chi connectivity index (χ0n) is 12.2. The molecular weight excluding hydrogens is 288 g/mol. The second-order valence-corrected chi connectivity index (χ2v) is 6.82. The molecule has 1 saturated heterocycles. The molecule has 1 atom stereocenters. The molecule has 1 unspecified atom stereocenters. The molecule has 0 aromatic heterocycles. The summed E-state index contributed by atoms with van der Waals surface area (Å²) < 4.78 is 0. The topological polar surface area (TPSA) is 78.4 Å². The Hall–Kier alpha value is -1.69. The molecule has 114 valence electrons. The SMILES string of the molecule is CC(C)(C(=O)O)c1ccc(NC(=O)NC2CCSC2)cc1. The number of carboxylic acids is 1. The van der Waals surface area contributed by atoms with E-state index in [1.165, 1.54) is 0 Å². The fraction of sp³-hybridized carbons (Fsp3) is 0.467. The highest BCUT2D eigenvalue weighted by Gasteiger charge is 2.29. The third-order valence-corrected chi connectivity index (χ3v) is 4.83. The smallest absolute Gasteiger partial charge is 0.319 e. The van der Waals surface area contributed by atoms with Gasteiger partial charge in [0.05, 0.1) is 5.41 Å². The maximum Gasteiger partial charge on any atom is 0.319 e. The Labute approximate surface area is 128 Å². The van der Waals surface area contributed by atoms with Crippen molar-refractivity contribution >= 4 is 29.4 Å². The average Bonchev–Trinajstić information content (AvgIpc) is 2.91. The van der Waals surface area contributed by atoms with Crippen LogP contribution in [0.3, 0.4) is 0 Å². The number of carboxylic acid groups (broad SMARTS) is 1. The molecule has 1 aromatic carbocycles. The maximum absolute atomic E-state index is 11.8. The molecule has 2 amide bonds. The summed E-state index contributed by atoms with van der Waals surface area (Å²) in [5.74, 6) is 1.17. The number of anilines is 1. The molecule has 6 heteroatoms. The number of urea groups is 1. The Bertz CT molecular complexity index is 522. The molecule has 0 bridgehead atoms. The Balaban J connectivity index is 1.96. The number of aliphatic carboxylic acids is 1. The summed E-state index contributed by atoms with van der Waals surface area (Å²) in [6, 6.07) is 6.93. The van der Waals surface area contributed by atoms with Gasteiger partial charge in [-0.15, -0.1) is 0 Å². The van der Waals surface area contributed by atoms with Crippen LogP contribution >= 0.6 is 11.8 Å². The van der Waals surface area contributed by atoms with Crippen molar-refractivity contribution in [2.75, 3.05) is 16.8 Å². The first-order valence-corrected chi connectivity index (χ1v) is 8.04. The van der Waals surface area contributed by atoms with Gasteiger partial charge in [-0.3, -0.25) is 4.79 Å². The summed E-state index contributed by atoms with van der Waals surface area (Å²) >= 11 is 1.84. The van der Waals surface area contributed by atoms with E-state index in [1.54, 1.807) is 38.1 Å². The van der Waals surface area contributed by atoms with Crippen LogP contribution in [0.5, 0.6) is 0 Å². The summed E-state index contributed by atoms with van der Waals surface area (Å²) in [6.45, 7) is 3.31. The van der Waals surface area contributed by atoms with E-state index in [4.69, 9.17) is 0 Å². The van der Waals surface area contributed by atoms with Crippen LogP contribution in [0.2, 0.25) is 0 Å². The minimum atomic E-state index is -0.943. The van der Waals surface area contributed by atoms with Gasteiger partial charge in [0, 0.05) is 17.5 Å². The molecule has 3 N–H and O–H groups in total. The molecule has 1 aliphatic heterocycles. The summed E-state index contributed by atoms with van der Waals surface area (Å²) in [4.78, 5) is 23.0. The molecule has 0 saturated carbocycles. The molecular formula is C15H20N2O3S. The van der Waals surface area contributed by atoms with Gasteiger partial charge in [0.2, 0.25) is 0 Å². The van der Waals surface area contributed by atoms with Crippen LogP contribution in [0.1, 0.15) is 25.8 Å². The lowest BCUT2D eigenvalue weighted by Crippen LogP contribution is -2.37. The van der Waals surface area contributed by atoms with Gasteiger partial charge in [-0.25, -0.2) is 4.79 Å². The van der Waals surface area contributed by atoms with E-state index >= 15 is 0 Å². The van der Waals surface area contributed by atoms with Gasteiger partial charge in [-0.1, -0.05) is 12.1 Å². The molecule has 1 aromatic rings. The zero-order valence-corrected chi connectivity index (χ0v) is 13.0. The van der Waals surface area contributed by atoms with Gasteiger partial charge >= 0.3 is 12.0 Å². The fourth-order valence-electron chi connectivity index (χ4n) is 2.09. The lowest BCUT2D eigenvalue weighted by atomic mass is 9.85. The number of hydrogen-bond donors (Lipinski definition) is 3. The molecule has 0 aliphatic carbocycles. The number of amides is 2. The Morgan fingerprint density at radius 3 is 2.48 bits per heavy atom. The van der Waals surface area contributed by atoms with E-state index < -0.39 is 11.4 Å². The standard InChI is InChI=1S/C15H20N2O3S/c1-15(2,13(18)19)10-3-5-11(6-4-10)16-14(20)17-12-7-8-21-9-12/h3-6,12H,7-9H2,1-2H3,(H,18,19)(H2,16,17,20). The summed E-state index contributed by atoms with van der Waals surface area (Å²) in [5.41, 5.74) is 0.415. The van der Waals surface area contributed by atoms with Crippen LogP contribution < -0.4 is 10.6 Å². The van der Waals surface area contributed by atoms with Crippen molar-refractivity contribution in [3.63, 3.8) is 0 Å². The van der Waals surface area contributed by atoms with Crippen LogP contribution in [-0.2, 0) is 10.2 Å². The zero-order chi connectivity index (χ0) is 15.5. The highest BCUT2D eigenvalue weighted by molar-refractivity contribution is 7.99. The molecule has 5 nitrogen and oxygen atoms in total. The van der Waals surface area contributed by atoms with Crippen molar-refractivity contribution in [3.05, 3.63) is 29.8 Å². The fourth-order valence-corrected chi connectivity index (χ4v) is 3.25. The van der Waals surface area contributed by atoms with Crippen LogP contribution in [0.4, 0.5) is 10.5 Å². The number of hydrogen-bond acceptors (Lipinski definition) is 3. The molecule has 1 fully saturated rings. The second kappa shape index (κ2) is 6.39. The first-order chi connectivity index (χ1) is 9.89. The lowest BCUT2D eigenvalue weighted by molar-refractivity contribution is -0.142. The van der Waals surface area contributed by atoms with Crippen LogP contribution in [0, 0.1) is 0 Å². The quantitative estimate of drug-likeness (QED) is 0.799. The third kappa shape index (κ3) is 3.91. The molecule has 1 heterocycles. The minimum Gasteiger partial charge on any atom is -0.481 e. The monoisotopic (exact) mass is 308 g/mol. The van der Waals surface area contributed by atoms with Gasteiger partial charge < -0.3 is 15.7 Å². The molecule has 2 rings (SSSR count). The van der Waals surface area contributed by atoms with E-state index in [-0.39, 0.29) is 12.1 Å². The van der Waals surface area contributed by atoms with Gasteiger partial charge in [0.1, 0.15) is 0 Å². The van der Waals surface area contributed by atoms with Crippen molar-refractivity contribution in [3.8, 4) is 0 Å². The Morgan fingerprint density at radius 1 is 1.29 bits per heavy atom. The number of nitrogens with one attached hydrogen (secondary N) is 2. The van der Waals surface area contributed by atoms with E-state index in [0.717, 1.165) is 17.9 Å². The van der Waals surface area contributed by atoms with E-state index in [0.29, 0.717) is 11.3 Å². The first-order valence-electron chi connectivity index (χ1n) is 6.89. The number of carbonyl (C=O) groups is 2. The second-order valence-electron chi connectivity index (χ2n) is 5.67. The summed E-state index contributed by atoms with van der Waals surface area (Å²) in [5, 5.41) is 14.9. The molecule has 0 radical (unpaired) electrons. The Kier molecular flexibility index (Phi) is 4.77. The first kappa shape index (κ1) is 15.7. The van der Waals surface area contributed by atoms with Gasteiger partial charge in [-0.2, -0.15) is 11.8 Å². The third-order valence-electron chi connectivity index (χ3n) is 3.66. The van der Waals surface area contributed by atoms with Crippen molar-refractivity contribution in [2.45, 2.75) is 31.7 Å². The van der Waals surface area contributed by atoms with Crippen molar-refractivity contribution in [2.24, 2.45) is 0 Å². The number of carbonyl (C=O) groups excluding carboxylic acids is 1. The molecule has 0 spiro atoms. The van der Waals surface area contributed by atoms with Crippen molar-refractivity contribution < 1.29 is 14.7 Å². The van der Waals surface area contributed by atoms with E-state index in [2.05, 4.69) is 10.6 Å². The van der Waals surface area contributed by atoms with Crippen molar-refractivity contribution in [1.82, 2.24) is 5.32 Å². The van der Waals surface area contributed by atoms with Crippen LogP contribution in [0.25, 0.3) is 0 Å². The predicted octanol–water partition coefficient (Wildman–Crippen LogP) is 2.68. The maximum atomic E-state index is 11.8. The largest absolute Gasteiger partial charge is 0.481 e. The van der Waals surface area contributed by atoms with Crippen molar-refractivity contribution in [1.29, 1.82) is 0 Å². The summed E-state index contributed by atoms with van der Waals surface area (Å²) in [6.07, 6.45) is 1.00. The summed E-state index contributed by atoms with van der Waals surface area (Å²) in [7, 11) is 0. The highest BCUT2D eigenvalue weighted by atomic mass is 32.2. The normalized spacial score (nSPS) is 18.3. The lowest BCUT2D eigenvalue weighted by Gasteiger charge is -2.20. The molecule has 1 aliphatic rings. The van der Waals surface area contributed by atoms with E-state index in [9.17, 15) is 14.7 Å².